The van der Waals surface area contributed by atoms with Crippen LogP contribution in [0.3, 0.4) is 0 Å². The van der Waals surface area contributed by atoms with Crippen molar-refractivity contribution in [3.8, 4) is 0 Å². The highest BCUT2D eigenvalue weighted by Crippen LogP contribution is 1.99. The van der Waals surface area contributed by atoms with Gasteiger partial charge in [0.2, 0.25) is 0 Å². The molecule has 0 fully saturated rings. The Hall–Kier alpha value is -1.78. The fraction of sp³-hybridized carbons (Fsp3) is 0. The molecule has 0 aliphatic heterocycles. The standard InChI is InChI=1S/C6H5N3O2/c10-5-3-1-7-2-4(3)8-6(11)9-5/h1-2,7H,(H2,8,9,10,11). The third kappa shape index (κ3) is 0.778. The van der Waals surface area contributed by atoms with Crippen LogP contribution in [-0.2, 0) is 0 Å². The highest BCUT2D eigenvalue weighted by molar-refractivity contribution is 5.75. The van der Waals surface area contributed by atoms with E-state index >= 15 is 0 Å². The van der Waals surface area contributed by atoms with Crippen molar-refractivity contribution >= 4 is 10.9 Å². The van der Waals surface area contributed by atoms with Gasteiger partial charge in [-0.05, 0) is 0 Å². The summed E-state index contributed by atoms with van der Waals surface area (Å²) in [5, 5.41) is 0.463. The molecule has 11 heavy (non-hydrogen) atoms. The molecule has 0 aliphatic rings. The van der Waals surface area contributed by atoms with Gasteiger partial charge in [0.15, 0.2) is 0 Å². The summed E-state index contributed by atoms with van der Waals surface area (Å²) in [6, 6.07) is 0. The number of fused-ring (bicyclic) bond motifs is 1. The molecule has 0 radical (unpaired) electrons. The van der Waals surface area contributed by atoms with E-state index in [1.807, 2.05) is 0 Å². The summed E-state index contributed by atoms with van der Waals surface area (Å²) < 4.78 is 0. The maximum Gasteiger partial charge on any atom is 0.326 e. The largest absolute Gasteiger partial charge is 0.365 e. The maximum absolute atomic E-state index is 11.0. The van der Waals surface area contributed by atoms with Crippen LogP contribution in [0.2, 0.25) is 0 Å². The Morgan fingerprint density at radius 1 is 1.09 bits per heavy atom. The second kappa shape index (κ2) is 1.85. The summed E-state index contributed by atoms with van der Waals surface area (Å²) in [5.41, 5.74) is -0.328. The molecule has 3 N–H and O–H groups in total. The minimum absolute atomic E-state index is 0.370. The number of nitrogens with one attached hydrogen (secondary N) is 3. The summed E-state index contributed by atoms with van der Waals surface area (Å²) in [6.07, 6.45) is 3.09. The first kappa shape index (κ1) is 5.96. The van der Waals surface area contributed by atoms with E-state index in [1.165, 1.54) is 6.20 Å². The Kier molecular flexibility index (Phi) is 1.00. The molecular weight excluding hydrogens is 146 g/mol. The minimum atomic E-state index is -0.484. The van der Waals surface area contributed by atoms with E-state index in [-0.39, 0.29) is 5.56 Å². The Morgan fingerprint density at radius 2 is 1.91 bits per heavy atom. The van der Waals surface area contributed by atoms with Crippen LogP contribution >= 0.6 is 0 Å². The molecule has 56 valence electrons. The summed E-state index contributed by atoms with van der Waals surface area (Å²) in [4.78, 5) is 28.9. The van der Waals surface area contributed by atoms with Crippen LogP contribution in [0, 0.1) is 0 Å². The van der Waals surface area contributed by atoms with Gasteiger partial charge in [-0.3, -0.25) is 9.78 Å². The molecule has 5 heteroatoms. The van der Waals surface area contributed by atoms with Gasteiger partial charge in [-0.2, -0.15) is 0 Å². The Balaban J connectivity index is 3.15. The predicted molar refractivity (Wildman–Crippen MR) is 39.5 cm³/mol. The van der Waals surface area contributed by atoms with E-state index < -0.39 is 5.69 Å². The second-order valence-corrected chi connectivity index (χ2v) is 2.19. The van der Waals surface area contributed by atoms with Gasteiger partial charge in [0.05, 0.1) is 10.9 Å². The lowest BCUT2D eigenvalue weighted by Gasteiger charge is -1.84. The Bertz CT molecular complexity index is 490. The molecule has 0 bridgehead atoms. The van der Waals surface area contributed by atoms with E-state index in [0.717, 1.165) is 0 Å². The zero-order valence-corrected chi connectivity index (χ0v) is 5.47. The molecule has 0 amide bonds. The molecule has 2 rings (SSSR count). The van der Waals surface area contributed by atoms with Crippen molar-refractivity contribution in [1.82, 2.24) is 15.0 Å². The van der Waals surface area contributed by atoms with Gasteiger partial charge in [0.1, 0.15) is 0 Å². The van der Waals surface area contributed by atoms with Crippen LogP contribution in [0.4, 0.5) is 0 Å². The number of hydrogen-bond acceptors (Lipinski definition) is 2. The molecule has 2 aromatic rings. The average molecular weight is 151 g/mol. The van der Waals surface area contributed by atoms with Crippen LogP contribution in [0.1, 0.15) is 0 Å². The predicted octanol–water partition coefficient (Wildman–Crippen LogP) is -0.456. The number of aromatic nitrogens is 3. The fourth-order valence-electron chi connectivity index (χ4n) is 0.979. The van der Waals surface area contributed by atoms with Crippen molar-refractivity contribution in [2.75, 3.05) is 0 Å². The molecule has 5 nitrogen and oxygen atoms in total. The van der Waals surface area contributed by atoms with Crippen molar-refractivity contribution in [3.05, 3.63) is 33.2 Å². The van der Waals surface area contributed by atoms with Gasteiger partial charge >= 0.3 is 5.69 Å². The van der Waals surface area contributed by atoms with Crippen molar-refractivity contribution in [2.45, 2.75) is 0 Å². The van der Waals surface area contributed by atoms with E-state index in [9.17, 15) is 9.59 Å². The lowest BCUT2D eigenvalue weighted by molar-refractivity contribution is 1.08. The van der Waals surface area contributed by atoms with Crippen LogP contribution in [-0.4, -0.2) is 15.0 Å². The van der Waals surface area contributed by atoms with Crippen molar-refractivity contribution in [3.63, 3.8) is 0 Å². The molecule has 0 aliphatic carbocycles. The summed E-state index contributed by atoms with van der Waals surface area (Å²) in [6.45, 7) is 0. The fourth-order valence-corrected chi connectivity index (χ4v) is 0.979. The molecule has 0 saturated heterocycles. The monoisotopic (exact) mass is 151 g/mol. The maximum atomic E-state index is 11.0. The molecule has 0 saturated carbocycles. The molecule has 0 unspecified atom stereocenters. The molecule has 0 spiro atoms. The molecular formula is C6H5N3O2. The summed E-state index contributed by atoms with van der Waals surface area (Å²) >= 11 is 0. The van der Waals surface area contributed by atoms with E-state index in [4.69, 9.17) is 0 Å². The van der Waals surface area contributed by atoms with Crippen molar-refractivity contribution in [2.24, 2.45) is 0 Å². The first-order valence-corrected chi connectivity index (χ1v) is 3.06. The third-order valence-corrected chi connectivity index (χ3v) is 1.47. The first-order valence-electron chi connectivity index (χ1n) is 3.06. The average Bonchev–Trinajstić information content (AvgIpc) is 2.34. The zero-order valence-electron chi connectivity index (χ0n) is 5.47. The normalized spacial score (nSPS) is 10.5. The SMILES string of the molecule is O=c1[nH]c(=O)c2c[nH]cc2[nH]1. The summed E-state index contributed by atoms with van der Waals surface area (Å²) in [5.74, 6) is 0. The quantitative estimate of drug-likeness (QED) is 0.476. The zero-order chi connectivity index (χ0) is 7.84. The topological polar surface area (TPSA) is 81.5 Å². The van der Waals surface area contributed by atoms with Crippen LogP contribution in [0.15, 0.2) is 22.0 Å². The molecule has 0 aromatic carbocycles. The van der Waals surface area contributed by atoms with Gasteiger partial charge in [0.25, 0.3) is 5.56 Å². The smallest absolute Gasteiger partial charge is 0.326 e. The molecule has 0 atom stereocenters. The van der Waals surface area contributed by atoms with Crippen molar-refractivity contribution in [1.29, 1.82) is 0 Å². The van der Waals surface area contributed by atoms with E-state index in [0.29, 0.717) is 10.9 Å². The third-order valence-electron chi connectivity index (χ3n) is 1.47. The molecule has 2 aromatic heterocycles. The lowest BCUT2D eigenvalue weighted by atomic mass is 10.4. The van der Waals surface area contributed by atoms with Gasteiger partial charge in [-0.25, -0.2) is 4.79 Å². The minimum Gasteiger partial charge on any atom is -0.365 e. The van der Waals surface area contributed by atoms with Crippen molar-refractivity contribution < 1.29 is 0 Å². The van der Waals surface area contributed by atoms with Crippen LogP contribution < -0.4 is 11.2 Å². The highest BCUT2D eigenvalue weighted by Gasteiger charge is 1.98. The van der Waals surface area contributed by atoms with Crippen LogP contribution in [0.25, 0.3) is 10.9 Å². The number of rotatable bonds is 0. The van der Waals surface area contributed by atoms with Gasteiger partial charge in [-0.15, -0.1) is 0 Å². The summed E-state index contributed by atoms with van der Waals surface area (Å²) in [7, 11) is 0. The second-order valence-electron chi connectivity index (χ2n) is 2.19. The van der Waals surface area contributed by atoms with Gasteiger partial charge in [0, 0.05) is 12.4 Å². The lowest BCUT2D eigenvalue weighted by Crippen LogP contribution is -2.20. The Labute approximate surface area is 60.1 Å². The highest BCUT2D eigenvalue weighted by atomic mass is 16.2. The molecule has 2 heterocycles. The number of H-pyrrole nitrogens is 3. The number of hydrogen-bond donors (Lipinski definition) is 3. The van der Waals surface area contributed by atoms with E-state index in [1.54, 1.807) is 6.20 Å². The number of aromatic amines is 3. The van der Waals surface area contributed by atoms with Crippen LogP contribution in [0.5, 0.6) is 0 Å². The Morgan fingerprint density at radius 3 is 2.73 bits per heavy atom. The van der Waals surface area contributed by atoms with E-state index in [2.05, 4.69) is 15.0 Å². The van der Waals surface area contributed by atoms with Gasteiger partial charge in [-0.1, -0.05) is 0 Å². The van der Waals surface area contributed by atoms with Gasteiger partial charge < -0.3 is 9.97 Å². The first-order chi connectivity index (χ1) is 5.27.